The van der Waals surface area contributed by atoms with Gasteiger partial charge in [-0.05, 0) is 24.6 Å². The van der Waals surface area contributed by atoms with Gasteiger partial charge in [-0.2, -0.15) is 5.10 Å². The van der Waals surface area contributed by atoms with E-state index in [0.717, 1.165) is 10.6 Å². The smallest absolute Gasteiger partial charge is 0.0860 e. The van der Waals surface area contributed by atoms with Crippen molar-refractivity contribution in [3.05, 3.63) is 53.3 Å². The Morgan fingerprint density at radius 1 is 1.37 bits per heavy atom. The Morgan fingerprint density at radius 3 is 2.84 bits per heavy atom. The topological polar surface area (TPSA) is 50.1 Å². The molecule has 2 N–H and O–H groups in total. The normalized spacial score (nSPS) is 14.3. The molecule has 0 aliphatic carbocycles. The molecule has 5 heteroatoms. The summed E-state index contributed by atoms with van der Waals surface area (Å²) in [4.78, 5) is 0. The summed E-state index contributed by atoms with van der Waals surface area (Å²) in [7, 11) is 0. The quantitative estimate of drug-likeness (QED) is 0.853. The zero-order valence-corrected chi connectivity index (χ0v) is 11.6. The minimum absolute atomic E-state index is 0.0981. The van der Waals surface area contributed by atoms with Gasteiger partial charge in [0.05, 0.1) is 12.6 Å². The number of nitrogens with one attached hydrogen (secondary N) is 1. The van der Waals surface area contributed by atoms with Gasteiger partial charge in [-0.25, -0.2) is 0 Å². The first-order valence-electron chi connectivity index (χ1n) is 6.30. The van der Waals surface area contributed by atoms with Gasteiger partial charge >= 0.3 is 0 Å². The molecule has 0 spiro atoms. The standard InChI is InChI=1S/C14H18ClN3O/c1-11(13-5-2-3-6-14(13)15)16-9-12(19)10-18-8-4-7-17-18/h2-8,11-12,16,19H,9-10H2,1H3. The summed E-state index contributed by atoms with van der Waals surface area (Å²) in [5.41, 5.74) is 1.04. The minimum atomic E-state index is -0.482. The number of aromatic nitrogens is 2. The predicted octanol–water partition coefficient (Wildman–Crippen LogP) is 2.25. The van der Waals surface area contributed by atoms with Crippen molar-refractivity contribution in [2.75, 3.05) is 6.54 Å². The number of aliphatic hydroxyl groups excluding tert-OH is 1. The molecule has 102 valence electrons. The highest BCUT2D eigenvalue weighted by molar-refractivity contribution is 6.31. The first-order valence-corrected chi connectivity index (χ1v) is 6.68. The lowest BCUT2D eigenvalue weighted by molar-refractivity contribution is 0.143. The lowest BCUT2D eigenvalue weighted by Crippen LogP contribution is -2.32. The van der Waals surface area contributed by atoms with Crippen LogP contribution in [0.25, 0.3) is 0 Å². The third kappa shape index (κ3) is 4.06. The molecule has 2 aromatic rings. The molecule has 19 heavy (non-hydrogen) atoms. The van der Waals surface area contributed by atoms with E-state index in [-0.39, 0.29) is 6.04 Å². The van der Waals surface area contributed by atoms with Crippen molar-refractivity contribution < 1.29 is 5.11 Å². The van der Waals surface area contributed by atoms with E-state index in [9.17, 15) is 5.11 Å². The Bertz CT molecular complexity index is 501. The average Bonchev–Trinajstić information content (AvgIpc) is 2.89. The Kier molecular flexibility index (Phi) is 4.96. The average molecular weight is 280 g/mol. The highest BCUT2D eigenvalue weighted by Crippen LogP contribution is 2.21. The first-order chi connectivity index (χ1) is 9.16. The van der Waals surface area contributed by atoms with Gasteiger partial charge in [0.1, 0.15) is 0 Å². The van der Waals surface area contributed by atoms with Gasteiger partial charge in [0.2, 0.25) is 0 Å². The summed E-state index contributed by atoms with van der Waals surface area (Å²) in [6, 6.07) is 9.66. The lowest BCUT2D eigenvalue weighted by atomic mass is 10.1. The lowest BCUT2D eigenvalue weighted by Gasteiger charge is -2.18. The predicted molar refractivity (Wildman–Crippen MR) is 76.1 cm³/mol. The van der Waals surface area contributed by atoms with Crippen LogP contribution in [0.4, 0.5) is 0 Å². The van der Waals surface area contributed by atoms with Gasteiger partial charge in [-0.3, -0.25) is 4.68 Å². The van der Waals surface area contributed by atoms with Crippen LogP contribution in [0.2, 0.25) is 5.02 Å². The number of halogens is 1. The van der Waals surface area contributed by atoms with Crippen molar-refractivity contribution in [2.45, 2.75) is 25.6 Å². The Labute approximate surface area is 118 Å². The van der Waals surface area contributed by atoms with Gasteiger partial charge in [-0.1, -0.05) is 29.8 Å². The largest absolute Gasteiger partial charge is 0.390 e. The van der Waals surface area contributed by atoms with Crippen LogP contribution in [0.3, 0.4) is 0 Å². The molecule has 2 atom stereocenters. The monoisotopic (exact) mass is 279 g/mol. The van der Waals surface area contributed by atoms with E-state index in [1.54, 1.807) is 10.9 Å². The van der Waals surface area contributed by atoms with E-state index in [4.69, 9.17) is 11.6 Å². The fourth-order valence-electron chi connectivity index (χ4n) is 1.94. The summed E-state index contributed by atoms with van der Waals surface area (Å²) in [6.07, 6.45) is 3.05. The number of hydrogen-bond donors (Lipinski definition) is 2. The SMILES string of the molecule is CC(NCC(O)Cn1cccn1)c1ccccc1Cl. The second-order valence-corrected chi connectivity index (χ2v) is 4.94. The van der Waals surface area contributed by atoms with Crippen LogP contribution < -0.4 is 5.32 Å². The summed E-state index contributed by atoms with van der Waals surface area (Å²) in [6.45, 7) is 3.00. The third-order valence-corrected chi connectivity index (χ3v) is 3.33. The molecule has 1 aromatic carbocycles. The van der Waals surface area contributed by atoms with Gasteiger partial charge in [0.25, 0.3) is 0 Å². The Hall–Kier alpha value is -1.36. The Morgan fingerprint density at radius 2 is 2.16 bits per heavy atom. The van der Waals surface area contributed by atoms with Crippen molar-refractivity contribution >= 4 is 11.6 Å². The molecule has 4 nitrogen and oxygen atoms in total. The molecule has 0 saturated heterocycles. The summed E-state index contributed by atoms with van der Waals surface area (Å²) < 4.78 is 1.71. The number of aliphatic hydroxyl groups is 1. The van der Waals surface area contributed by atoms with Gasteiger partial charge < -0.3 is 10.4 Å². The number of benzene rings is 1. The number of rotatable bonds is 6. The molecule has 2 unspecified atom stereocenters. The van der Waals surface area contributed by atoms with Gasteiger partial charge in [-0.15, -0.1) is 0 Å². The van der Waals surface area contributed by atoms with E-state index in [2.05, 4.69) is 10.4 Å². The van der Waals surface area contributed by atoms with Crippen LogP contribution >= 0.6 is 11.6 Å². The summed E-state index contributed by atoms with van der Waals surface area (Å²) >= 11 is 6.13. The molecule has 0 saturated carbocycles. The maximum Gasteiger partial charge on any atom is 0.0860 e. The molecule has 0 fully saturated rings. The highest BCUT2D eigenvalue weighted by atomic mass is 35.5. The third-order valence-electron chi connectivity index (χ3n) is 2.99. The van der Waals surface area contributed by atoms with Crippen molar-refractivity contribution in [2.24, 2.45) is 0 Å². The van der Waals surface area contributed by atoms with Crippen LogP contribution in [-0.2, 0) is 6.54 Å². The van der Waals surface area contributed by atoms with E-state index >= 15 is 0 Å². The van der Waals surface area contributed by atoms with Crippen LogP contribution in [0.15, 0.2) is 42.7 Å². The number of nitrogens with zero attached hydrogens (tertiary/aromatic N) is 2. The van der Waals surface area contributed by atoms with Gasteiger partial charge in [0, 0.05) is 30.0 Å². The van der Waals surface area contributed by atoms with Gasteiger partial charge in [0.15, 0.2) is 0 Å². The van der Waals surface area contributed by atoms with Crippen molar-refractivity contribution in [1.82, 2.24) is 15.1 Å². The molecule has 0 amide bonds. The van der Waals surface area contributed by atoms with Crippen LogP contribution in [-0.4, -0.2) is 27.5 Å². The maximum atomic E-state index is 9.93. The fourth-order valence-corrected chi connectivity index (χ4v) is 2.24. The van der Waals surface area contributed by atoms with Crippen molar-refractivity contribution in [3.8, 4) is 0 Å². The molecule has 0 aliphatic rings. The maximum absolute atomic E-state index is 9.93. The molecular formula is C14H18ClN3O. The van der Waals surface area contributed by atoms with E-state index in [1.807, 2.05) is 43.5 Å². The van der Waals surface area contributed by atoms with Crippen LogP contribution in [0.1, 0.15) is 18.5 Å². The highest BCUT2D eigenvalue weighted by Gasteiger charge is 2.11. The molecule has 1 aromatic heterocycles. The first kappa shape index (κ1) is 14.1. The molecule has 2 rings (SSSR count). The molecule has 1 heterocycles. The zero-order chi connectivity index (χ0) is 13.7. The second kappa shape index (κ2) is 6.70. The van der Waals surface area contributed by atoms with E-state index < -0.39 is 6.10 Å². The molecule has 0 bridgehead atoms. The Balaban J connectivity index is 1.83. The second-order valence-electron chi connectivity index (χ2n) is 4.53. The van der Waals surface area contributed by atoms with Crippen molar-refractivity contribution in [1.29, 1.82) is 0 Å². The number of hydrogen-bond acceptors (Lipinski definition) is 3. The minimum Gasteiger partial charge on any atom is -0.390 e. The van der Waals surface area contributed by atoms with Crippen LogP contribution in [0, 0.1) is 0 Å². The van der Waals surface area contributed by atoms with E-state index in [1.165, 1.54) is 0 Å². The molecule has 0 radical (unpaired) electrons. The molecule has 0 aliphatic heterocycles. The van der Waals surface area contributed by atoms with Crippen LogP contribution in [0.5, 0.6) is 0 Å². The zero-order valence-electron chi connectivity index (χ0n) is 10.8. The summed E-state index contributed by atoms with van der Waals surface area (Å²) in [5, 5.41) is 18.0. The fraction of sp³-hybridized carbons (Fsp3) is 0.357. The van der Waals surface area contributed by atoms with Crippen molar-refractivity contribution in [3.63, 3.8) is 0 Å². The summed E-state index contributed by atoms with van der Waals surface area (Å²) in [5.74, 6) is 0. The molecular weight excluding hydrogens is 262 g/mol. The van der Waals surface area contributed by atoms with E-state index in [0.29, 0.717) is 13.1 Å².